The Labute approximate surface area is 151 Å². The van der Waals surface area contributed by atoms with E-state index < -0.39 is 0 Å². The number of nitrogens with one attached hydrogen (secondary N) is 1. The van der Waals surface area contributed by atoms with Crippen molar-refractivity contribution in [3.63, 3.8) is 0 Å². The zero-order valence-electron chi connectivity index (χ0n) is 13.8. The van der Waals surface area contributed by atoms with Gasteiger partial charge in [0.05, 0.1) is 5.92 Å². The number of hydrogen-bond donors (Lipinski definition) is 2. The molecule has 4 unspecified atom stereocenters. The number of rotatable bonds is 5. The van der Waals surface area contributed by atoms with E-state index in [0.717, 1.165) is 18.4 Å². The van der Waals surface area contributed by atoms with Crippen LogP contribution >= 0.6 is 11.6 Å². The Bertz CT molecular complexity index is 776. The lowest BCUT2D eigenvalue weighted by Gasteiger charge is -2.26. The molecule has 2 aliphatic rings. The molecule has 2 saturated carbocycles. The molecule has 0 spiro atoms. The highest BCUT2D eigenvalue weighted by Gasteiger charge is 2.48. The minimum Gasteiger partial charge on any atom is -0.355 e. The van der Waals surface area contributed by atoms with Crippen molar-refractivity contribution in [2.24, 2.45) is 23.5 Å². The molecular weight excluding hydrogens is 340 g/mol. The van der Waals surface area contributed by atoms with Crippen LogP contribution in [0.4, 0.5) is 0 Å². The lowest BCUT2D eigenvalue weighted by Crippen LogP contribution is -2.45. The van der Waals surface area contributed by atoms with E-state index in [1.54, 1.807) is 12.1 Å². The van der Waals surface area contributed by atoms with Gasteiger partial charge in [0, 0.05) is 29.6 Å². The third-order valence-electron chi connectivity index (χ3n) is 5.47. The Morgan fingerprint density at radius 1 is 1.36 bits per heavy atom. The van der Waals surface area contributed by atoms with Gasteiger partial charge in [0.1, 0.15) is 0 Å². The van der Waals surface area contributed by atoms with E-state index in [0.29, 0.717) is 41.5 Å². The molecule has 1 amide bonds. The van der Waals surface area contributed by atoms with E-state index in [9.17, 15) is 4.79 Å². The van der Waals surface area contributed by atoms with Crippen LogP contribution in [0.3, 0.4) is 0 Å². The Kier molecular flexibility index (Phi) is 4.48. The van der Waals surface area contributed by atoms with Crippen molar-refractivity contribution in [3.8, 4) is 11.4 Å². The summed E-state index contributed by atoms with van der Waals surface area (Å²) in [6, 6.07) is 7.30. The van der Waals surface area contributed by atoms with Gasteiger partial charge in [0.25, 0.3) is 0 Å². The normalized spacial score (nSPS) is 27.6. The summed E-state index contributed by atoms with van der Waals surface area (Å²) in [5.74, 6) is 2.00. The largest absolute Gasteiger partial charge is 0.355 e. The van der Waals surface area contributed by atoms with Gasteiger partial charge in [-0.25, -0.2) is 0 Å². The predicted octanol–water partition coefficient (Wildman–Crippen LogP) is 2.42. The number of benzene rings is 1. The summed E-state index contributed by atoms with van der Waals surface area (Å²) in [5.41, 5.74) is 7.02. The van der Waals surface area contributed by atoms with E-state index in [2.05, 4.69) is 15.5 Å². The Balaban J connectivity index is 1.31. The van der Waals surface area contributed by atoms with Crippen LogP contribution in [0.2, 0.25) is 5.02 Å². The Hall–Kier alpha value is -1.92. The molecule has 2 aromatic rings. The fourth-order valence-electron chi connectivity index (χ4n) is 4.24. The van der Waals surface area contributed by atoms with E-state index in [-0.39, 0.29) is 17.9 Å². The van der Waals surface area contributed by atoms with Crippen LogP contribution < -0.4 is 11.1 Å². The second kappa shape index (κ2) is 6.77. The minimum absolute atomic E-state index is 0.0107. The molecule has 132 valence electrons. The number of carbonyl (C=O) groups excluding carboxylic acids is 1. The zero-order chi connectivity index (χ0) is 17.4. The van der Waals surface area contributed by atoms with Gasteiger partial charge < -0.3 is 15.6 Å². The molecule has 7 heteroatoms. The number of halogens is 1. The first-order valence-corrected chi connectivity index (χ1v) is 9.11. The van der Waals surface area contributed by atoms with Gasteiger partial charge in [-0.3, -0.25) is 4.79 Å². The van der Waals surface area contributed by atoms with Gasteiger partial charge in [0.2, 0.25) is 17.6 Å². The molecular formula is C18H21ClN4O2. The molecule has 2 bridgehead atoms. The molecule has 1 aromatic heterocycles. The van der Waals surface area contributed by atoms with Gasteiger partial charge in [-0.2, -0.15) is 4.98 Å². The summed E-state index contributed by atoms with van der Waals surface area (Å²) in [7, 11) is 0. The quantitative estimate of drug-likeness (QED) is 0.854. The second-order valence-corrected chi connectivity index (χ2v) is 7.44. The van der Waals surface area contributed by atoms with Crippen molar-refractivity contribution in [1.82, 2.24) is 15.5 Å². The fourth-order valence-corrected chi connectivity index (χ4v) is 4.43. The summed E-state index contributed by atoms with van der Waals surface area (Å²) < 4.78 is 5.26. The number of fused-ring (bicyclic) bond motifs is 2. The number of nitrogens with two attached hydrogens (primary N) is 1. The lowest BCUT2D eigenvalue weighted by molar-refractivity contribution is -0.127. The molecule has 6 nitrogen and oxygen atoms in total. The lowest BCUT2D eigenvalue weighted by atomic mass is 9.84. The summed E-state index contributed by atoms with van der Waals surface area (Å²) in [6.45, 7) is 0.469. The second-order valence-electron chi connectivity index (χ2n) is 7.00. The Morgan fingerprint density at radius 2 is 2.20 bits per heavy atom. The van der Waals surface area contributed by atoms with Crippen LogP contribution in [0.25, 0.3) is 11.4 Å². The number of carbonyl (C=O) groups is 1. The van der Waals surface area contributed by atoms with Crippen LogP contribution in [0, 0.1) is 17.8 Å². The number of amides is 1. The standard InChI is InChI=1S/C18H21ClN4O2/c19-13-3-1-2-12(9-13)17-22-14(25-23-17)6-7-21-18(24)15-10-4-5-11(8-10)16(15)20/h1-3,9-11,15-16H,4-8,20H2,(H,21,24). The van der Waals surface area contributed by atoms with Crippen LogP contribution in [-0.4, -0.2) is 28.6 Å². The average molecular weight is 361 g/mol. The molecule has 0 aliphatic heterocycles. The van der Waals surface area contributed by atoms with Gasteiger partial charge in [0.15, 0.2) is 0 Å². The van der Waals surface area contributed by atoms with Crippen LogP contribution in [-0.2, 0) is 11.2 Å². The van der Waals surface area contributed by atoms with Crippen LogP contribution in [0.5, 0.6) is 0 Å². The maximum Gasteiger partial charge on any atom is 0.228 e. The van der Waals surface area contributed by atoms with Gasteiger partial charge >= 0.3 is 0 Å². The molecule has 3 N–H and O–H groups in total. The third kappa shape index (κ3) is 3.28. The van der Waals surface area contributed by atoms with Crippen molar-refractivity contribution in [3.05, 3.63) is 35.2 Å². The van der Waals surface area contributed by atoms with Gasteiger partial charge in [-0.1, -0.05) is 28.9 Å². The maximum atomic E-state index is 12.4. The van der Waals surface area contributed by atoms with Gasteiger partial charge in [-0.05, 0) is 43.2 Å². The monoisotopic (exact) mass is 360 g/mol. The topological polar surface area (TPSA) is 94.0 Å². The van der Waals surface area contributed by atoms with E-state index >= 15 is 0 Å². The molecule has 0 saturated heterocycles. The number of hydrogen-bond acceptors (Lipinski definition) is 5. The fraction of sp³-hybridized carbons (Fsp3) is 0.500. The summed E-state index contributed by atoms with van der Waals surface area (Å²) in [5, 5.41) is 7.57. The predicted molar refractivity (Wildman–Crippen MR) is 93.8 cm³/mol. The average Bonchev–Trinajstić information content (AvgIpc) is 3.30. The van der Waals surface area contributed by atoms with Crippen molar-refractivity contribution in [1.29, 1.82) is 0 Å². The molecule has 2 fully saturated rings. The zero-order valence-corrected chi connectivity index (χ0v) is 14.6. The van der Waals surface area contributed by atoms with Crippen LogP contribution in [0.1, 0.15) is 25.2 Å². The SMILES string of the molecule is NC1C2CCC(C2)C1C(=O)NCCc1nc(-c2cccc(Cl)c2)no1. The summed E-state index contributed by atoms with van der Waals surface area (Å²) in [4.78, 5) is 16.8. The minimum atomic E-state index is -0.0385. The van der Waals surface area contributed by atoms with E-state index in [1.165, 1.54) is 6.42 Å². The van der Waals surface area contributed by atoms with Crippen LogP contribution in [0.15, 0.2) is 28.8 Å². The smallest absolute Gasteiger partial charge is 0.228 e. The highest BCUT2D eigenvalue weighted by Crippen LogP contribution is 2.47. The first-order valence-electron chi connectivity index (χ1n) is 8.73. The van der Waals surface area contributed by atoms with Crippen molar-refractivity contribution < 1.29 is 9.32 Å². The molecule has 2 aliphatic carbocycles. The highest BCUT2D eigenvalue weighted by atomic mass is 35.5. The molecule has 0 radical (unpaired) electrons. The van der Waals surface area contributed by atoms with Gasteiger partial charge in [-0.15, -0.1) is 0 Å². The van der Waals surface area contributed by atoms with E-state index in [4.69, 9.17) is 21.9 Å². The Morgan fingerprint density at radius 3 is 2.96 bits per heavy atom. The maximum absolute atomic E-state index is 12.4. The molecule has 4 rings (SSSR count). The molecule has 25 heavy (non-hydrogen) atoms. The molecule has 1 aromatic carbocycles. The van der Waals surface area contributed by atoms with Crippen molar-refractivity contribution in [2.75, 3.05) is 6.54 Å². The first-order chi connectivity index (χ1) is 12.1. The summed E-state index contributed by atoms with van der Waals surface area (Å²) >= 11 is 5.98. The summed E-state index contributed by atoms with van der Waals surface area (Å²) in [6.07, 6.45) is 3.90. The highest BCUT2D eigenvalue weighted by molar-refractivity contribution is 6.30. The number of aromatic nitrogens is 2. The van der Waals surface area contributed by atoms with E-state index in [1.807, 2.05) is 12.1 Å². The number of nitrogens with zero attached hydrogens (tertiary/aromatic N) is 2. The third-order valence-corrected chi connectivity index (χ3v) is 5.71. The molecule has 1 heterocycles. The van der Waals surface area contributed by atoms with Crippen molar-refractivity contribution >= 4 is 17.5 Å². The van der Waals surface area contributed by atoms with Crippen molar-refractivity contribution in [2.45, 2.75) is 31.7 Å². The first kappa shape index (κ1) is 16.5. The molecule has 4 atom stereocenters.